The molecule has 132 valence electrons. The minimum absolute atomic E-state index is 0.0652. The van der Waals surface area contributed by atoms with Crippen LogP contribution in [0.1, 0.15) is 42.4 Å². The molecule has 0 radical (unpaired) electrons. The number of nitrogens with zero attached hydrogens (tertiary/aromatic N) is 3. The monoisotopic (exact) mass is 350 g/mol. The minimum atomic E-state index is 0.0652. The summed E-state index contributed by atoms with van der Waals surface area (Å²) >= 11 is 1.44. The highest BCUT2D eigenvalue weighted by Crippen LogP contribution is 2.34. The number of nitrogens with one attached hydrogen (secondary N) is 1. The first-order chi connectivity index (χ1) is 11.6. The number of rotatable bonds is 8. The lowest BCUT2D eigenvalue weighted by Gasteiger charge is -2.18. The molecule has 0 fully saturated rings. The van der Waals surface area contributed by atoms with Crippen molar-refractivity contribution in [2.75, 3.05) is 32.1 Å². The van der Waals surface area contributed by atoms with Gasteiger partial charge in [0.1, 0.15) is 17.0 Å². The van der Waals surface area contributed by atoms with Crippen LogP contribution in [0.2, 0.25) is 0 Å². The smallest absolute Gasteiger partial charge is 0.264 e. The number of carbonyl (C=O) groups excluding carboxylic acids is 1. The first kappa shape index (κ1) is 18.6. The van der Waals surface area contributed by atoms with Gasteiger partial charge in [-0.25, -0.2) is 9.97 Å². The molecule has 1 atom stereocenters. The number of aromatic nitrogens is 2. The van der Waals surface area contributed by atoms with Gasteiger partial charge in [0.05, 0.1) is 22.9 Å². The van der Waals surface area contributed by atoms with E-state index < -0.39 is 0 Å². The van der Waals surface area contributed by atoms with E-state index in [1.807, 2.05) is 25.7 Å². The SMILES string of the molecule is CC[C@H](COC)Nc1ncnc2sc(C(=O)N(CC)CC)c(C)c12. The number of amides is 1. The van der Waals surface area contributed by atoms with Crippen LogP contribution in [0.3, 0.4) is 0 Å². The number of hydrogen-bond donors (Lipinski definition) is 1. The Morgan fingerprint density at radius 1 is 1.33 bits per heavy atom. The van der Waals surface area contributed by atoms with Gasteiger partial charge in [0.15, 0.2) is 0 Å². The third-order valence-electron chi connectivity index (χ3n) is 4.17. The van der Waals surface area contributed by atoms with Crippen LogP contribution in [-0.2, 0) is 4.74 Å². The summed E-state index contributed by atoms with van der Waals surface area (Å²) in [4.78, 5) is 24.9. The van der Waals surface area contributed by atoms with Crippen LogP contribution in [0, 0.1) is 6.92 Å². The fourth-order valence-corrected chi connectivity index (χ4v) is 3.81. The Morgan fingerprint density at radius 2 is 2.04 bits per heavy atom. The third kappa shape index (κ3) is 3.67. The number of thiophene rings is 1. The lowest BCUT2D eigenvalue weighted by molar-refractivity contribution is 0.0777. The maximum absolute atomic E-state index is 12.7. The van der Waals surface area contributed by atoms with E-state index in [4.69, 9.17) is 4.74 Å². The van der Waals surface area contributed by atoms with Gasteiger partial charge < -0.3 is 15.0 Å². The van der Waals surface area contributed by atoms with Crippen LogP contribution in [-0.4, -0.2) is 53.6 Å². The summed E-state index contributed by atoms with van der Waals surface area (Å²) < 4.78 is 5.25. The van der Waals surface area contributed by atoms with Gasteiger partial charge in [-0.2, -0.15) is 0 Å². The fourth-order valence-electron chi connectivity index (χ4n) is 2.70. The second-order valence-electron chi connectivity index (χ2n) is 5.64. The summed E-state index contributed by atoms with van der Waals surface area (Å²) in [6.45, 7) is 10.1. The van der Waals surface area contributed by atoms with Crippen molar-refractivity contribution in [1.82, 2.24) is 14.9 Å². The molecule has 0 spiro atoms. The zero-order valence-electron chi connectivity index (χ0n) is 15.0. The molecule has 2 aromatic rings. The molecule has 2 rings (SSSR count). The number of anilines is 1. The number of aryl methyl sites for hydroxylation is 1. The Balaban J connectivity index is 2.44. The molecule has 0 aliphatic rings. The van der Waals surface area contributed by atoms with Crippen molar-refractivity contribution >= 4 is 33.3 Å². The van der Waals surface area contributed by atoms with E-state index in [0.717, 1.165) is 32.9 Å². The van der Waals surface area contributed by atoms with Crippen molar-refractivity contribution < 1.29 is 9.53 Å². The molecule has 0 aromatic carbocycles. The maximum atomic E-state index is 12.7. The number of ether oxygens (including phenoxy) is 1. The van der Waals surface area contributed by atoms with Gasteiger partial charge >= 0.3 is 0 Å². The van der Waals surface area contributed by atoms with Gasteiger partial charge in [-0.1, -0.05) is 6.92 Å². The summed E-state index contributed by atoms with van der Waals surface area (Å²) in [5, 5.41) is 4.37. The second-order valence-corrected chi connectivity index (χ2v) is 6.64. The molecule has 0 bridgehead atoms. The number of fused-ring (bicyclic) bond motifs is 1. The quantitative estimate of drug-likeness (QED) is 0.791. The zero-order chi connectivity index (χ0) is 17.7. The Bertz CT molecular complexity index is 697. The lowest BCUT2D eigenvalue weighted by Crippen LogP contribution is -2.30. The predicted octanol–water partition coefficient (Wildman–Crippen LogP) is 3.32. The zero-order valence-corrected chi connectivity index (χ0v) is 15.9. The highest BCUT2D eigenvalue weighted by Gasteiger charge is 2.22. The van der Waals surface area contributed by atoms with Crippen molar-refractivity contribution in [2.24, 2.45) is 0 Å². The summed E-state index contributed by atoms with van der Waals surface area (Å²) in [5.74, 6) is 0.839. The molecule has 0 saturated heterocycles. The highest BCUT2D eigenvalue weighted by atomic mass is 32.1. The fraction of sp³-hybridized carbons (Fsp3) is 0.588. The normalized spacial score (nSPS) is 12.4. The molecule has 2 heterocycles. The van der Waals surface area contributed by atoms with Crippen LogP contribution in [0.15, 0.2) is 6.33 Å². The molecular formula is C17H26N4O2S. The van der Waals surface area contributed by atoms with E-state index in [2.05, 4.69) is 22.2 Å². The first-order valence-electron chi connectivity index (χ1n) is 8.36. The average molecular weight is 350 g/mol. The Kier molecular flexibility index (Phi) is 6.51. The van der Waals surface area contributed by atoms with Crippen molar-refractivity contribution in [2.45, 2.75) is 40.2 Å². The van der Waals surface area contributed by atoms with Gasteiger partial charge in [-0.15, -0.1) is 11.3 Å². The molecule has 0 aliphatic carbocycles. The van der Waals surface area contributed by atoms with Gasteiger partial charge in [-0.3, -0.25) is 4.79 Å². The van der Waals surface area contributed by atoms with Crippen LogP contribution in [0.25, 0.3) is 10.2 Å². The lowest BCUT2D eigenvalue weighted by atomic mass is 10.1. The topological polar surface area (TPSA) is 67.3 Å². The van der Waals surface area contributed by atoms with E-state index in [0.29, 0.717) is 19.7 Å². The van der Waals surface area contributed by atoms with Gasteiger partial charge in [0.25, 0.3) is 5.91 Å². The van der Waals surface area contributed by atoms with E-state index in [1.165, 1.54) is 11.3 Å². The molecule has 0 aliphatic heterocycles. The molecular weight excluding hydrogens is 324 g/mol. The summed E-state index contributed by atoms with van der Waals surface area (Å²) in [5.41, 5.74) is 0.947. The summed E-state index contributed by atoms with van der Waals surface area (Å²) in [6.07, 6.45) is 2.47. The maximum Gasteiger partial charge on any atom is 0.264 e. The van der Waals surface area contributed by atoms with Gasteiger partial charge in [0, 0.05) is 20.2 Å². The number of carbonyl (C=O) groups is 1. The Hall–Kier alpha value is -1.73. The molecule has 6 nitrogen and oxygen atoms in total. The van der Waals surface area contributed by atoms with Crippen LogP contribution < -0.4 is 5.32 Å². The first-order valence-corrected chi connectivity index (χ1v) is 9.17. The standard InChI is InChI=1S/C17H26N4O2S/c1-6-12(9-23-5)20-15-13-11(4)14(17(22)21(7-2)8-3)24-16(13)19-10-18-15/h10,12H,6-9H2,1-5H3,(H,18,19,20)/t12-/m1/s1. The van der Waals surface area contributed by atoms with Crippen molar-refractivity contribution in [3.63, 3.8) is 0 Å². The molecule has 0 saturated carbocycles. The van der Waals surface area contributed by atoms with E-state index in [-0.39, 0.29) is 11.9 Å². The van der Waals surface area contributed by atoms with Crippen LogP contribution in [0.5, 0.6) is 0 Å². The third-order valence-corrected chi connectivity index (χ3v) is 5.36. The molecule has 7 heteroatoms. The highest BCUT2D eigenvalue weighted by molar-refractivity contribution is 7.20. The number of methoxy groups -OCH3 is 1. The van der Waals surface area contributed by atoms with E-state index in [1.54, 1.807) is 13.4 Å². The van der Waals surface area contributed by atoms with Crippen LogP contribution in [0.4, 0.5) is 5.82 Å². The Morgan fingerprint density at radius 3 is 2.62 bits per heavy atom. The van der Waals surface area contributed by atoms with Crippen molar-refractivity contribution in [1.29, 1.82) is 0 Å². The predicted molar refractivity (Wildman–Crippen MR) is 99.0 cm³/mol. The van der Waals surface area contributed by atoms with Crippen LogP contribution >= 0.6 is 11.3 Å². The van der Waals surface area contributed by atoms with Crippen molar-refractivity contribution in [3.05, 3.63) is 16.8 Å². The summed E-state index contributed by atoms with van der Waals surface area (Å²) in [7, 11) is 1.69. The molecule has 1 N–H and O–H groups in total. The second kappa shape index (κ2) is 8.39. The van der Waals surface area contributed by atoms with Gasteiger partial charge in [-0.05, 0) is 32.8 Å². The molecule has 0 unspecified atom stereocenters. The van der Waals surface area contributed by atoms with E-state index >= 15 is 0 Å². The average Bonchev–Trinajstić information content (AvgIpc) is 2.93. The summed E-state index contributed by atoms with van der Waals surface area (Å²) in [6, 6.07) is 0.175. The largest absolute Gasteiger partial charge is 0.383 e. The Labute approximate surface area is 147 Å². The molecule has 24 heavy (non-hydrogen) atoms. The molecule has 1 amide bonds. The van der Waals surface area contributed by atoms with Crippen molar-refractivity contribution in [3.8, 4) is 0 Å². The minimum Gasteiger partial charge on any atom is -0.383 e. The number of hydrogen-bond acceptors (Lipinski definition) is 6. The van der Waals surface area contributed by atoms with E-state index in [9.17, 15) is 4.79 Å². The van der Waals surface area contributed by atoms with Gasteiger partial charge in [0.2, 0.25) is 0 Å². The molecule has 2 aromatic heterocycles.